The van der Waals surface area contributed by atoms with Crippen LogP contribution in [0.5, 0.6) is 0 Å². The van der Waals surface area contributed by atoms with Gasteiger partial charge in [-0.15, -0.1) is 0 Å². The zero-order chi connectivity index (χ0) is 23.7. The lowest BCUT2D eigenvalue weighted by molar-refractivity contribution is -0.124. The van der Waals surface area contributed by atoms with E-state index in [9.17, 15) is 24.0 Å². The molecule has 2 aromatic rings. The maximum Gasteiger partial charge on any atom is 0.321 e. The third-order valence-electron chi connectivity index (χ3n) is 6.12. The van der Waals surface area contributed by atoms with Gasteiger partial charge in [-0.1, -0.05) is 29.8 Å². The van der Waals surface area contributed by atoms with E-state index in [1.165, 1.54) is 4.90 Å². The fourth-order valence-electron chi connectivity index (χ4n) is 4.26. The van der Waals surface area contributed by atoms with Crippen molar-refractivity contribution in [2.75, 3.05) is 12.4 Å². The van der Waals surface area contributed by atoms with E-state index in [1.807, 2.05) is 19.1 Å². The van der Waals surface area contributed by atoms with E-state index in [1.54, 1.807) is 37.4 Å². The largest absolute Gasteiger partial charge is 0.323 e. The number of aryl methyl sites for hydroxylation is 1. The molecular formula is C25H25N3O5. The molecule has 1 aliphatic carbocycles. The second kappa shape index (κ2) is 8.97. The van der Waals surface area contributed by atoms with Crippen LogP contribution < -0.4 is 5.32 Å². The summed E-state index contributed by atoms with van der Waals surface area (Å²) in [6, 6.07) is 11.0. The first-order valence-electron chi connectivity index (χ1n) is 10.9. The van der Waals surface area contributed by atoms with Crippen LogP contribution in [0.25, 0.3) is 0 Å². The normalized spacial score (nSPS) is 18.2. The minimum Gasteiger partial charge on any atom is -0.323 e. The van der Waals surface area contributed by atoms with Crippen LogP contribution in [0.2, 0.25) is 0 Å². The minimum atomic E-state index is -0.931. The SMILES string of the molecule is Cc1ccc(NC(=O)N(C)Cc2cccc3c2C(=O)N(C2CCC(=O)CCC2=O)C3=O)cc1. The zero-order valence-corrected chi connectivity index (χ0v) is 18.6. The summed E-state index contributed by atoms with van der Waals surface area (Å²) in [4.78, 5) is 65.8. The summed E-state index contributed by atoms with van der Waals surface area (Å²) in [5.74, 6) is -1.39. The summed E-state index contributed by atoms with van der Waals surface area (Å²) >= 11 is 0. The Hall–Kier alpha value is -3.81. The Kier molecular flexibility index (Phi) is 6.09. The Labute approximate surface area is 191 Å². The van der Waals surface area contributed by atoms with Crippen molar-refractivity contribution < 1.29 is 24.0 Å². The van der Waals surface area contributed by atoms with Crippen molar-refractivity contribution in [3.63, 3.8) is 0 Å². The van der Waals surface area contributed by atoms with Crippen LogP contribution in [0.15, 0.2) is 42.5 Å². The van der Waals surface area contributed by atoms with Crippen molar-refractivity contribution in [2.24, 2.45) is 0 Å². The van der Waals surface area contributed by atoms with Gasteiger partial charge in [0.2, 0.25) is 0 Å². The molecule has 4 rings (SSSR count). The fraction of sp³-hybridized carbons (Fsp3) is 0.320. The van der Waals surface area contributed by atoms with Crippen LogP contribution in [0.4, 0.5) is 10.5 Å². The quantitative estimate of drug-likeness (QED) is 0.572. The number of carbonyl (C=O) groups excluding carboxylic acids is 5. The topological polar surface area (TPSA) is 104 Å². The second-order valence-electron chi connectivity index (χ2n) is 8.53. The highest BCUT2D eigenvalue weighted by Crippen LogP contribution is 2.31. The monoisotopic (exact) mass is 447 g/mol. The number of amides is 4. The summed E-state index contributed by atoms with van der Waals surface area (Å²) in [6.45, 7) is 2.06. The van der Waals surface area contributed by atoms with Crippen LogP contribution in [0.1, 0.15) is 57.5 Å². The van der Waals surface area contributed by atoms with Gasteiger partial charge in [-0.25, -0.2) is 4.79 Å². The maximum absolute atomic E-state index is 13.3. The van der Waals surface area contributed by atoms with E-state index in [0.29, 0.717) is 11.3 Å². The molecule has 1 atom stereocenters. The summed E-state index contributed by atoms with van der Waals surface area (Å²) < 4.78 is 0. The molecule has 1 fully saturated rings. The van der Waals surface area contributed by atoms with Crippen molar-refractivity contribution in [2.45, 2.75) is 45.2 Å². The molecular weight excluding hydrogens is 422 g/mol. The number of rotatable bonds is 4. The smallest absolute Gasteiger partial charge is 0.321 e. The lowest BCUT2D eigenvalue weighted by Gasteiger charge is -2.23. The molecule has 0 radical (unpaired) electrons. The summed E-state index contributed by atoms with van der Waals surface area (Å²) in [5.41, 5.74) is 2.67. The Bertz CT molecular complexity index is 1160. The number of ketones is 2. The molecule has 1 saturated carbocycles. The number of benzene rings is 2. The van der Waals surface area contributed by atoms with Gasteiger partial charge in [0.15, 0.2) is 5.78 Å². The number of fused-ring (bicyclic) bond motifs is 1. The average Bonchev–Trinajstić information content (AvgIpc) is 2.93. The Morgan fingerprint density at radius 1 is 1.00 bits per heavy atom. The van der Waals surface area contributed by atoms with Crippen LogP contribution in [-0.2, 0) is 16.1 Å². The lowest BCUT2D eigenvalue weighted by atomic mass is 10.0. The number of anilines is 1. The number of nitrogens with zero attached hydrogens (tertiary/aromatic N) is 2. The summed E-state index contributed by atoms with van der Waals surface area (Å²) in [6.07, 6.45) is 0.492. The van der Waals surface area contributed by atoms with E-state index in [2.05, 4.69) is 5.32 Å². The van der Waals surface area contributed by atoms with Gasteiger partial charge in [0.25, 0.3) is 11.8 Å². The molecule has 2 aliphatic rings. The molecule has 1 unspecified atom stereocenters. The number of hydrogen-bond donors (Lipinski definition) is 1. The molecule has 0 aromatic heterocycles. The number of nitrogens with one attached hydrogen (secondary N) is 1. The average molecular weight is 447 g/mol. The van der Waals surface area contributed by atoms with E-state index >= 15 is 0 Å². The van der Waals surface area contributed by atoms with Gasteiger partial charge in [-0.3, -0.25) is 24.1 Å². The van der Waals surface area contributed by atoms with E-state index in [-0.39, 0.29) is 61.0 Å². The first kappa shape index (κ1) is 22.4. The van der Waals surface area contributed by atoms with Crippen LogP contribution in [0.3, 0.4) is 0 Å². The Morgan fingerprint density at radius 2 is 1.73 bits per heavy atom. The van der Waals surface area contributed by atoms with Gasteiger partial charge in [0.1, 0.15) is 5.78 Å². The van der Waals surface area contributed by atoms with Gasteiger partial charge in [0.05, 0.1) is 17.2 Å². The molecule has 1 aliphatic heterocycles. The molecule has 4 amide bonds. The molecule has 0 bridgehead atoms. The summed E-state index contributed by atoms with van der Waals surface area (Å²) in [5, 5.41) is 2.80. The fourth-order valence-corrected chi connectivity index (χ4v) is 4.26. The van der Waals surface area contributed by atoms with Crippen LogP contribution in [-0.4, -0.2) is 52.3 Å². The van der Waals surface area contributed by atoms with Crippen molar-refractivity contribution in [3.05, 3.63) is 64.7 Å². The number of carbonyl (C=O) groups is 5. The number of urea groups is 1. The van der Waals surface area contributed by atoms with Crippen LogP contribution >= 0.6 is 0 Å². The number of imide groups is 1. The molecule has 0 saturated heterocycles. The molecule has 8 nitrogen and oxygen atoms in total. The summed E-state index contributed by atoms with van der Waals surface area (Å²) in [7, 11) is 1.60. The lowest BCUT2D eigenvalue weighted by Crippen LogP contribution is -2.44. The van der Waals surface area contributed by atoms with E-state index in [4.69, 9.17) is 0 Å². The highest BCUT2D eigenvalue weighted by atomic mass is 16.2. The molecule has 170 valence electrons. The van der Waals surface area contributed by atoms with Crippen molar-refractivity contribution in [3.8, 4) is 0 Å². The standard InChI is InChI=1S/C25H25N3O5/c1-15-6-8-17(9-7-15)26-25(33)27(2)14-16-4-3-5-19-22(16)24(32)28(23(19)31)20-12-10-18(29)11-13-21(20)30/h3-9,20H,10-14H2,1-2H3,(H,26,33). The Balaban J connectivity index is 1.54. The van der Waals surface area contributed by atoms with Gasteiger partial charge < -0.3 is 10.2 Å². The molecule has 8 heteroatoms. The molecule has 1 heterocycles. The third kappa shape index (κ3) is 4.41. The number of Topliss-reactive ketones (excluding diaryl/α,β-unsaturated/α-hetero) is 2. The molecule has 2 aromatic carbocycles. The Morgan fingerprint density at radius 3 is 2.45 bits per heavy atom. The molecule has 0 spiro atoms. The number of hydrogen-bond acceptors (Lipinski definition) is 5. The predicted octanol–water partition coefficient (Wildman–Crippen LogP) is 3.34. The first-order chi connectivity index (χ1) is 15.8. The molecule has 33 heavy (non-hydrogen) atoms. The molecule has 1 N–H and O–H groups in total. The minimum absolute atomic E-state index is 0.0334. The van der Waals surface area contributed by atoms with E-state index < -0.39 is 17.9 Å². The highest BCUT2D eigenvalue weighted by Gasteiger charge is 2.44. The zero-order valence-electron chi connectivity index (χ0n) is 18.6. The predicted molar refractivity (Wildman–Crippen MR) is 121 cm³/mol. The maximum atomic E-state index is 13.3. The highest BCUT2D eigenvalue weighted by molar-refractivity contribution is 6.23. The van der Waals surface area contributed by atoms with Crippen molar-refractivity contribution in [1.82, 2.24) is 9.80 Å². The van der Waals surface area contributed by atoms with Gasteiger partial charge in [0, 0.05) is 38.5 Å². The van der Waals surface area contributed by atoms with Gasteiger partial charge in [-0.2, -0.15) is 0 Å². The van der Waals surface area contributed by atoms with Crippen LogP contribution in [0, 0.1) is 6.92 Å². The first-order valence-corrected chi connectivity index (χ1v) is 10.9. The second-order valence-corrected chi connectivity index (χ2v) is 8.53. The van der Waals surface area contributed by atoms with Crippen molar-refractivity contribution >= 4 is 35.1 Å². The van der Waals surface area contributed by atoms with Gasteiger partial charge >= 0.3 is 6.03 Å². The van der Waals surface area contributed by atoms with Crippen molar-refractivity contribution in [1.29, 1.82) is 0 Å². The van der Waals surface area contributed by atoms with E-state index in [0.717, 1.165) is 10.5 Å². The van der Waals surface area contributed by atoms with Gasteiger partial charge in [-0.05, 0) is 37.1 Å². The third-order valence-corrected chi connectivity index (χ3v) is 6.12.